The Balaban J connectivity index is 1.83. The molecule has 1 aliphatic rings. The summed E-state index contributed by atoms with van der Waals surface area (Å²) in [5, 5.41) is 2.60. The predicted molar refractivity (Wildman–Crippen MR) is 112 cm³/mol. The summed E-state index contributed by atoms with van der Waals surface area (Å²) in [4.78, 5) is 41.5. The van der Waals surface area contributed by atoms with Gasteiger partial charge in [-0.15, -0.1) is 11.8 Å². The van der Waals surface area contributed by atoms with Crippen molar-refractivity contribution in [2.24, 2.45) is 0 Å². The van der Waals surface area contributed by atoms with E-state index in [2.05, 4.69) is 5.32 Å². The Kier molecular flexibility index (Phi) is 6.53. The molecule has 0 saturated carbocycles. The Labute approximate surface area is 173 Å². The van der Waals surface area contributed by atoms with Crippen molar-refractivity contribution in [3.05, 3.63) is 53.8 Å². The fourth-order valence-electron chi connectivity index (χ4n) is 3.11. The third-order valence-electron chi connectivity index (χ3n) is 4.61. The van der Waals surface area contributed by atoms with E-state index < -0.39 is 11.7 Å². The first kappa shape index (κ1) is 20.9. The minimum Gasteiger partial charge on any atom is -0.339 e. The van der Waals surface area contributed by atoms with Gasteiger partial charge < -0.3 is 15.1 Å². The number of amides is 3. The molecule has 2 aromatic rings. The van der Waals surface area contributed by atoms with Crippen LogP contribution in [0.5, 0.6) is 0 Å². The molecule has 0 fully saturated rings. The average molecular weight is 415 g/mol. The monoisotopic (exact) mass is 415 g/mol. The lowest BCUT2D eigenvalue weighted by atomic mass is 10.1. The predicted octanol–water partition coefficient (Wildman–Crippen LogP) is 3.39. The summed E-state index contributed by atoms with van der Waals surface area (Å²) in [6.07, 6.45) is 0. The molecule has 3 rings (SSSR count). The van der Waals surface area contributed by atoms with E-state index in [0.29, 0.717) is 30.0 Å². The first-order valence-electron chi connectivity index (χ1n) is 9.34. The summed E-state index contributed by atoms with van der Waals surface area (Å²) in [6, 6.07) is 10.8. The molecule has 3 amide bonds. The van der Waals surface area contributed by atoms with E-state index in [1.807, 2.05) is 13.8 Å². The van der Waals surface area contributed by atoms with Crippen LogP contribution in [-0.2, 0) is 9.59 Å². The maximum Gasteiger partial charge on any atom is 0.253 e. The normalized spacial score (nSPS) is 13.1. The zero-order chi connectivity index (χ0) is 21.0. The molecule has 0 aromatic heterocycles. The molecule has 2 aromatic carbocycles. The number of hydrogen-bond acceptors (Lipinski definition) is 4. The molecular weight excluding hydrogens is 393 g/mol. The van der Waals surface area contributed by atoms with Crippen LogP contribution < -0.4 is 10.2 Å². The van der Waals surface area contributed by atoms with Gasteiger partial charge in [0.05, 0.1) is 11.4 Å². The molecule has 8 heteroatoms. The van der Waals surface area contributed by atoms with E-state index in [-0.39, 0.29) is 24.1 Å². The molecule has 1 N–H and O–H groups in total. The molecule has 0 saturated heterocycles. The molecular formula is C21H22FN3O3S. The van der Waals surface area contributed by atoms with Crippen LogP contribution in [0.4, 0.5) is 15.8 Å². The minimum atomic E-state index is -0.460. The van der Waals surface area contributed by atoms with E-state index >= 15 is 0 Å². The highest BCUT2D eigenvalue weighted by atomic mass is 32.2. The van der Waals surface area contributed by atoms with Gasteiger partial charge in [-0.1, -0.05) is 6.07 Å². The lowest BCUT2D eigenvalue weighted by molar-refractivity contribution is -0.120. The summed E-state index contributed by atoms with van der Waals surface area (Å²) in [7, 11) is 0. The van der Waals surface area contributed by atoms with Gasteiger partial charge in [-0.2, -0.15) is 0 Å². The average Bonchev–Trinajstić information content (AvgIpc) is 2.70. The zero-order valence-electron chi connectivity index (χ0n) is 16.3. The van der Waals surface area contributed by atoms with E-state index in [4.69, 9.17) is 0 Å². The molecule has 1 aliphatic heterocycles. The number of thioether (sulfide) groups is 1. The van der Waals surface area contributed by atoms with Crippen LogP contribution in [-0.4, -0.2) is 48.0 Å². The molecule has 29 heavy (non-hydrogen) atoms. The van der Waals surface area contributed by atoms with Crippen LogP contribution in [0, 0.1) is 5.82 Å². The van der Waals surface area contributed by atoms with Crippen LogP contribution in [0.25, 0.3) is 0 Å². The third-order valence-corrected chi connectivity index (χ3v) is 5.66. The van der Waals surface area contributed by atoms with Crippen molar-refractivity contribution in [2.75, 3.05) is 35.6 Å². The standard InChI is InChI=1S/C21H22FN3O3S/c1-3-24(4-2)21(28)14-8-9-18-17(10-14)25(20(27)13-29-18)12-19(26)23-16-7-5-6-15(22)11-16/h5-11H,3-4,12-13H2,1-2H3,(H,23,26). The Bertz CT molecular complexity index is 947. The van der Waals surface area contributed by atoms with Gasteiger partial charge in [-0.3, -0.25) is 14.4 Å². The summed E-state index contributed by atoms with van der Waals surface area (Å²) in [5.74, 6) is -1.03. The molecule has 1 heterocycles. The number of rotatable bonds is 6. The van der Waals surface area contributed by atoms with Gasteiger partial charge in [0.15, 0.2) is 0 Å². The van der Waals surface area contributed by atoms with Crippen LogP contribution in [0.3, 0.4) is 0 Å². The number of benzene rings is 2. The summed E-state index contributed by atoms with van der Waals surface area (Å²) in [6.45, 7) is 4.76. The van der Waals surface area contributed by atoms with Crippen molar-refractivity contribution in [3.8, 4) is 0 Å². The molecule has 0 atom stereocenters. The van der Waals surface area contributed by atoms with Gasteiger partial charge in [-0.05, 0) is 50.2 Å². The van der Waals surface area contributed by atoms with Crippen molar-refractivity contribution < 1.29 is 18.8 Å². The fourth-order valence-corrected chi connectivity index (χ4v) is 4.03. The lowest BCUT2D eigenvalue weighted by Gasteiger charge is -2.29. The number of halogens is 1. The fraction of sp³-hybridized carbons (Fsp3) is 0.286. The smallest absolute Gasteiger partial charge is 0.253 e. The van der Waals surface area contributed by atoms with Crippen LogP contribution in [0.2, 0.25) is 0 Å². The Morgan fingerprint density at radius 2 is 1.93 bits per heavy atom. The van der Waals surface area contributed by atoms with E-state index in [9.17, 15) is 18.8 Å². The highest BCUT2D eigenvalue weighted by Crippen LogP contribution is 2.36. The van der Waals surface area contributed by atoms with Crippen molar-refractivity contribution in [2.45, 2.75) is 18.7 Å². The molecule has 0 aliphatic carbocycles. The van der Waals surface area contributed by atoms with E-state index in [1.165, 1.54) is 34.9 Å². The first-order valence-corrected chi connectivity index (χ1v) is 10.3. The van der Waals surface area contributed by atoms with Gasteiger partial charge in [0.25, 0.3) is 5.91 Å². The molecule has 0 spiro atoms. The maximum absolute atomic E-state index is 13.3. The quantitative estimate of drug-likeness (QED) is 0.785. The van der Waals surface area contributed by atoms with Crippen LogP contribution in [0.1, 0.15) is 24.2 Å². The number of nitrogens with one attached hydrogen (secondary N) is 1. The van der Waals surface area contributed by atoms with Gasteiger partial charge in [0, 0.05) is 29.2 Å². The first-order chi connectivity index (χ1) is 13.9. The zero-order valence-corrected chi connectivity index (χ0v) is 17.1. The number of carbonyl (C=O) groups is 3. The second-order valence-corrected chi connectivity index (χ2v) is 7.50. The largest absolute Gasteiger partial charge is 0.339 e. The Hall–Kier alpha value is -2.87. The van der Waals surface area contributed by atoms with E-state index in [1.54, 1.807) is 29.2 Å². The summed E-state index contributed by atoms with van der Waals surface area (Å²) < 4.78 is 13.3. The van der Waals surface area contributed by atoms with Crippen molar-refractivity contribution in [1.82, 2.24) is 4.90 Å². The summed E-state index contributed by atoms with van der Waals surface area (Å²) >= 11 is 1.38. The molecule has 0 unspecified atom stereocenters. The summed E-state index contributed by atoms with van der Waals surface area (Å²) in [5.41, 5.74) is 1.33. The number of carbonyl (C=O) groups excluding carboxylic acids is 3. The van der Waals surface area contributed by atoms with Gasteiger partial charge in [0.2, 0.25) is 11.8 Å². The van der Waals surface area contributed by atoms with Gasteiger partial charge in [-0.25, -0.2) is 4.39 Å². The molecule has 6 nitrogen and oxygen atoms in total. The molecule has 0 bridgehead atoms. The van der Waals surface area contributed by atoms with Crippen molar-refractivity contribution in [3.63, 3.8) is 0 Å². The topological polar surface area (TPSA) is 69.7 Å². The number of fused-ring (bicyclic) bond motifs is 1. The third kappa shape index (κ3) is 4.76. The van der Waals surface area contributed by atoms with E-state index in [0.717, 1.165) is 4.90 Å². The van der Waals surface area contributed by atoms with Crippen LogP contribution >= 0.6 is 11.8 Å². The molecule has 152 valence electrons. The molecule has 0 radical (unpaired) electrons. The van der Waals surface area contributed by atoms with Crippen molar-refractivity contribution in [1.29, 1.82) is 0 Å². The highest BCUT2D eigenvalue weighted by molar-refractivity contribution is 8.00. The van der Waals surface area contributed by atoms with Crippen molar-refractivity contribution >= 4 is 40.9 Å². The second kappa shape index (κ2) is 9.09. The minimum absolute atomic E-state index is 0.120. The van der Waals surface area contributed by atoms with Gasteiger partial charge >= 0.3 is 0 Å². The Morgan fingerprint density at radius 1 is 1.17 bits per heavy atom. The number of anilines is 2. The number of nitrogens with zero attached hydrogens (tertiary/aromatic N) is 2. The van der Waals surface area contributed by atoms with Gasteiger partial charge in [0.1, 0.15) is 12.4 Å². The number of hydrogen-bond donors (Lipinski definition) is 1. The van der Waals surface area contributed by atoms with Crippen LogP contribution in [0.15, 0.2) is 47.4 Å². The highest BCUT2D eigenvalue weighted by Gasteiger charge is 2.28. The maximum atomic E-state index is 13.3. The Morgan fingerprint density at radius 3 is 2.62 bits per heavy atom. The SMILES string of the molecule is CCN(CC)C(=O)c1ccc2c(c1)N(CC(=O)Nc1cccc(F)c1)C(=O)CS2. The lowest BCUT2D eigenvalue weighted by Crippen LogP contribution is -2.41. The second-order valence-electron chi connectivity index (χ2n) is 6.49.